The molecule has 1 saturated heterocycles. The minimum absolute atomic E-state index is 0.138. The first-order valence-corrected chi connectivity index (χ1v) is 8.55. The summed E-state index contributed by atoms with van der Waals surface area (Å²) in [5, 5.41) is 0. The zero-order valence-electron chi connectivity index (χ0n) is 15.0. The smallest absolute Gasteiger partial charge is 0.409 e. The number of hydrogen-bond donors (Lipinski definition) is 0. The van der Waals surface area contributed by atoms with Gasteiger partial charge in [0.15, 0.2) is 29.1 Å². The van der Waals surface area contributed by atoms with Crippen molar-refractivity contribution >= 4 is 0 Å². The van der Waals surface area contributed by atoms with Crippen LogP contribution in [0.3, 0.4) is 0 Å². The van der Waals surface area contributed by atoms with Crippen molar-refractivity contribution in [3.8, 4) is 5.75 Å². The van der Waals surface area contributed by atoms with Gasteiger partial charge >= 0.3 is 6.29 Å². The van der Waals surface area contributed by atoms with Crippen LogP contribution in [0.1, 0.15) is 24.5 Å². The van der Waals surface area contributed by atoms with E-state index in [4.69, 9.17) is 4.74 Å². The molecule has 1 atom stereocenters. The van der Waals surface area contributed by atoms with Gasteiger partial charge in [-0.1, -0.05) is 25.5 Å². The zero-order chi connectivity index (χ0) is 21.4. The van der Waals surface area contributed by atoms with E-state index in [2.05, 4.69) is 9.47 Å². The minimum Gasteiger partial charge on any atom is -0.409 e. The summed E-state index contributed by atoms with van der Waals surface area (Å²) >= 11 is 0. The molecule has 0 aliphatic carbocycles. The Kier molecular flexibility index (Phi) is 5.77. The van der Waals surface area contributed by atoms with E-state index in [1.54, 1.807) is 6.92 Å². The van der Waals surface area contributed by atoms with Gasteiger partial charge in [-0.2, -0.15) is 0 Å². The monoisotopic (exact) mass is 424 g/mol. The van der Waals surface area contributed by atoms with Crippen molar-refractivity contribution in [2.75, 3.05) is 13.2 Å². The van der Waals surface area contributed by atoms with Crippen LogP contribution in [0.2, 0.25) is 0 Å². The summed E-state index contributed by atoms with van der Waals surface area (Å²) in [5.41, 5.74) is -1.81. The highest BCUT2D eigenvalue weighted by Crippen LogP contribution is 2.42. The molecule has 10 heteroatoms. The summed E-state index contributed by atoms with van der Waals surface area (Å²) in [6.07, 6.45) is -3.54. The molecular formula is C19H15F7O3. The van der Waals surface area contributed by atoms with Gasteiger partial charge in [0.25, 0.3) is 0 Å². The topological polar surface area (TPSA) is 31.0 Å². The van der Waals surface area contributed by atoms with Crippen molar-refractivity contribution in [3.63, 3.8) is 0 Å². The summed E-state index contributed by atoms with van der Waals surface area (Å²) in [7, 11) is 0. The van der Waals surface area contributed by atoms with Gasteiger partial charge in [0, 0.05) is 17.7 Å². The third-order valence-corrected chi connectivity index (χ3v) is 4.33. The van der Waals surface area contributed by atoms with E-state index < -0.39 is 53.3 Å². The second-order valence-electron chi connectivity index (χ2n) is 6.49. The van der Waals surface area contributed by atoms with Gasteiger partial charge in [-0.25, -0.2) is 22.0 Å². The van der Waals surface area contributed by atoms with E-state index in [1.807, 2.05) is 0 Å². The van der Waals surface area contributed by atoms with Crippen LogP contribution < -0.4 is 4.74 Å². The third kappa shape index (κ3) is 4.48. The number of aryl methyl sites for hydroxylation is 1. The maximum atomic E-state index is 14.4. The summed E-state index contributed by atoms with van der Waals surface area (Å²) in [6, 6.07) is 2.98. The average molecular weight is 424 g/mol. The highest BCUT2D eigenvalue weighted by molar-refractivity contribution is 5.34. The molecular weight excluding hydrogens is 409 g/mol. The van der Waals surface area contributed by atoms with Gasteiger partial charge < -0.3 is 9.47 Å². The van der Waals surface area contributed by atoms with Crippen LogP contribution >= 0.6 is 0 Å². The molecule has 0 N–H and O–H groups in total. The van der Waals surface area contributed by atoms with Crippen LogP contribution in [0.5, 0.6) is 5.75 Å². The lowest BCUT2D eigenvalue weighted by Crippen LogP contribution is -2.33. The quantitative estimate of drug-likeness (QED) is 0.253. The molecule has 0 amide bonds. The van der Waals surface area contributed by atoms with Crippen molar-refractivity contribution in [2.24, 2.45) is 0 Å². The first kappa shape index (κ1) is 21.4. The molecule has 29 heavy (non-hydrogen) atoms. The standard InChI is InChI=1S/C19H15F7O3/c1-2-3-10-4-5-12(16(23)15(10)22)18(8-27-18)9-28-19(25,26)29-11-6-13(20)17(24)14(21)7-11/h4-7H,2-3,8-9H2,1H3. The minimum atomic E-state index is -4.41. The van der Waals surface area contributed by atoms with Crippen molar-refractivity contribution in [1.82, 2.24) is 0 Å². The maximum absolute atomic E-state index is 14.4. The van der Waals surface area contributed by atoms with E-state index in [0.29, 0.717) is 12.8 Å². The molecule has 0 saturated carbocycles. The van der Waals surface area contributed by atoms with Crippen molar-refractivity contribution in [1.29, 1.82) is 0 Å². The fourth-order valence-electron chi connectivity index (χ4n) is 2.77. The first-order valence-electron chi connectivity index (χ1n) is 8.55. The van der Waals surface area contributed by atoms with Crippen LogP contribution in [0.15, 0.2) is 24.3 Å². The normalized spacial score (nSPS) is 18.8. The lowest BCUT2D eigenvalue weighted by atomic mass is 9.97. The van der Waals surface area contributed by atoms with Crippen molar-refractivity contribution in [3.05, 3.63) is 64.5 Å². The molecule has 0 aromatic heterocycles. The van der Waals surface area contributed by atoms with Crippen LogP contribution in [0, 0.1) is 29.1 Å². The molecule has 1 unspecified atom stereocenters. The SMILES string of the molecule is CCCc1ccc(C2(COC(F)(F)Oc3cc(F)c(F)c(F)c3)CO2)c(F)c1F. The van der Waals surface area contributed by atoms with Crippen LogP contribution in [0.4, 0.5) is 30.7 Å². The number of alkyl halides is 2. The molecule has 0 bridgehead atoms. The van der Waals surface area contributed by atoms with Crippen molar-refractivity contribution < 1.29 is 44.9 Å². The second-order valence-corrected chi connectivity index (χ2v) is 6.49. The van der Waals surface area contributed by atoms with Gasteiger partial charge in [0.2, 0.25) is 0 Å². The lowest BCUT2D eigenvalue weighted by Gasteiger charge is -2.21. The van der Waals surface area contributed by atoms with E-state index in [1.165, 1.54) is 12.1 Å². The van der Waals surface area contributed by atoms with Crippen molar-refractivity contribution in [2.45, 2.75) is 31.7 Å². The Morgan fingerprint density at radius 3 is 2.17 bits per heavy atom. The van der Waals surface area contributed by atoms with E-state index in [0.717, 1.165) is 0 Å². The second kappa shape index (κ2) is 7.83. The molecule has 2 aromatic carbocycles. The fraction of sp³-hybridized carbons (Fsp3) is 0.368. The predicted octanol–water partition coefficient (Wildman–Crippen LogP) is 5.21. The summed E-state index contributed by atoms with van der Waals surface area (Å²) in [4.78, 5) is 0. The Labute approximate surface area is 161 Å². The molecule has 158 valence electrons. The molecule has 1 fully saturated rings. The molecule has 1 aliphatic rings. The number of epoxide rings is 1. The Bertz CT molecular complexity index is 890. The van der Waals surface area contributed by atoms with Gasteiger partial charge in [-0.3, -0.25) is 4.74 Å². The van der Waals surface area contributed by atoms with Gasteiger partial charge in [-0.05, 0) is 12.0 Å². The maximum Gasteiger partial charge on any atom is 0.535 e. The van der Waals surface area contributed by atoms with E-state index in [9.17, 15) is 30.7 Å². The summed E-state index contributed by atoms with van der Waals surface area (Å²) in [5.74, 6) is -8.68. The van der Waals surface area contributed by atoms with Gasteiger partial charge in [0.1, 0.15) is 11.4 Å². The molecule has 0 spiro atoms. The lowest BCUT2D eigenvalue weighted by molar-refractivity contribution is -0.357. The van der Waals surface area contributed by atoms with Gasteiger partial charge in [0.05, 0.1) is 13.2 Å². The number of ether oxygens (including phenoxy) is 3. The van der Waals surface area contributed by atoms with Crippen LogP contribution in [-0.4, -0.2) is 19.5 Å². The number of benzene rings is 2. The number of hydrogen-bond acceptors (Lipinski definition) is 3. The summed E-state index contributed by atoms with van der Waals surface area (Å²) < 4.78 is 109. The number of rotatable bonds is 8. The molecule has 1 heterocycles. The highest BCUT2D eigenvalue weighted by Gasteiger charge is 2.52. The Morgan fingerprint density at radius 1 is 1.00 bits per heavy atom. The van der Waals surface area contributed by atoms with E-state index in [-0.39, 0.29) is 29.9 Å². The molecule has 3 rings (SSSR count). The first-order chi connectivity index (χ1) is 13.6. The molecule has 3 nitrogen and oxygen atoms in total. The Balaban J connectivity index is 1.73. The highest BCUT2D eigenvalue weighted by atomic mass is 19.3. The largest absolute Gasteiger partial charge is 0.535 e. The average Bonchev–Trinajstić information content (AvgIpc) is 3.43. The van der Waals surface area contributed by atoms with Crippen LogP contribution in [-0.2, 0) is 21.5 Å². The Hall–Kier alpha value is -2.33. The van der Waals surface area contributed by atoms with Gasteiger partial charge in [-0.15, -0.1) is 8.78 Å². The predicted molar refractivity (Wildman–Crippen MR) is 85.8 cm³/mol. The number of halogens is 7. The van der Waals surface area contributed by atoms with E-state index >= 15 is 0 Å². The third-order valence-electron chi connectivity index (χ3n) is 4.33. The molecule has 1 aliphatic heterocycles. The van der Waals surface area contributed by atoms with Crippen LogP contribution in [0.25, 0.3) is 0 Å². The zero-order valence-corrected chi connectivity index (χ0v) is 15.0. The Morgan fingerprint density at radius 2 is 1.62 bits per heavy atom. The summed E-state index contributed by atoms with van der Waals surface area (Å²) in [6.45, 7) is 0.632. The fourth-order valence-corrected chi connectivity index (χ4v) is 2.77. The molecule has 0 radical (unpaired) electrons. The molecule has 2 aromatic rings.